The number of benzene rings is 1. The van der Waals surface area contributed by atoms with Gasteiger partial charge in [-0.15, -0.1) is 0 Å². The van der Waals surface area contributed by atoms with Gasteiger partial charge in [0.15, 0.2) is 0 Å². The molecule has 0 spiro atoms. The van der Waals surface area contributed by atoms with Crippen LogP contribution in [-0.4, -0.2) is 6.54 Å². The summed E-state index contributed by atoms with van der Waals surface area (Å²) >= 11 is 0. The fourth-order valence-electron chi connectivity index (χ4n) is 3.83. The first-order chi connectivity index (χ1) is 9.56. The quantitative estimate of drug-likeness (QED) is 0.805. The number of rotatable bonds is 5. The van der Waals surface area contributed by atoms with E-state index in [-0.39, 0.29) is 11.9 Å². The number of hydrogen-bond donors (Lipinski definition) is 1. The average molecular weight is 277 g/mol. The summed E-state index contributed by atoms with van der Waals surface area (Å²) < 4.78 is 14.5. The molecule has 3 atom stereocenters. The van der Waals surface area contributed by atoms with E-state index in [1.165, 1.54) is 25.7 Å². The highest BCUT2D eigenvalue weighted by molar-refractivity contribution is 5.35. The predicted octanol–water partition coefficient (Wildman–Crippen LogP) is 4.92. The summed E-state index contributed by atoms with van der Waals surface area (Å²) in [5.74, 6) is 1.37. The van der Waals surface area contributed by atoms with Gasteiger partial charge in [0.25, 0.3) is 0 Å². The zero-order chi connectivity index (χ0) is 14.7. The molecule has 1 nitrogen and oxygen atoms in total. The minimum atomic E-state index is -0.0339. The van der Waals surface area contributed by atoms with E-state index in [4.69, 9.17) is 0 Å². The molecule has 1 aliphatic rings. The van der Waals surface area contributed by atoms with Crippen molar-refractivity contribution in [2.45, 2.75) is 59.4 Å². The second-order valence-electron chi connectivity index (χ2n) is 6.36. The lowest BCUT2D eigenvalue weighted by Gasteiger charge is -2.27. The van der Waals surface area contributed by atoms with Gasteiger partial charge in [-0.25, -0.2) is 4.39 Å². The molecule has 0 saturated heterocycles. The van der Waals surface area contributed by atoms with Gasteiger partial charge in [0, 0.05) is 11.6 Å². The Labute approximate surface area is 123 Å². The van der Waals surface area contributed by atoms with Crippen LogP contribution in [0.4, 0.5) is 4.39 Å². The summed E-state index contributed by atoms with van der Waals surface area (Å²) in [5, 5.41) is 3.55. The Morgan fingerprint density at radius 1 is 1.25 bits per heavy atom. The number of aryl methyl sites for hydroxylation is 2. The minimum Gasteiger partial charge on any atom is -0.310 e. The summed E-state index contributed by atoms with van der Waals surface area (Å²) in [7, 11) is 0. The van der Waals surface area contributed by atoms with Gasteiger partial charge in [0.05, 0.1) is 0 Å². The maximum Gasteiger partial charge on any atom is 0.128 e. The van der Waals surface area contributed by atoms with Gasteiger partial charge in [-0.1, -0.05) is 32.8 Å². The number of hydrogen-bond acceptors (Lipinski definition) is 1. The minimum absolute atomic E-state index is 0.0339. The van der Waals surface area contributed by atoms with Crippen LogP contribution in [0.25, 0.3) is 0 Å². The largest absolute Gasteiger partial charge is 0.310 e. The van der Waals surface area contributed by atoms with Gasteiger partial charge in [0.1, 0.15) is 5.82 Å². The molecule has 1 N–H and O–H groups in total. The topological polar surface area (TPSA) is 12.0 Å². The van der Waals surface area contributed by atoms with E-state index < -0.39 is 0 Å². The maximum absolute atomic E-state index is 14.5. The van der Waals surface area contributed by atoms with Crippen LogP contribution in [0.2, 0.25) is 0 Å². The van der Waals surface area contributed by atoms with Crippen LogP contribution in [0, 0.1) is 31.5 Å². The van der Waals surface area contributed by atoms with Crippen LogP contribution >= 0.6 is 0 Å². The van der Waals surface area contributed by atoms with Crippen molar-refractivity contribution in [2.75, 3.05) is 6.54 Å². The van der Waals surface area contributed by atoms with Crippen LogP contribution in [-0.2, 0) is 0 Å². The van der Waals surface area contributed by atoms with E-state index in [0.29, 0.717) is 5.92 Å². The number of halogens is 1. The summed E-state index contributed by atoms with van der Waals surface area (Å²) in [5.41, 5.74) is 3.00. The third kappa shape index (κ3) is 3.22. The fraction of sp³-hybridized carbons (Fsp3) is 0.667. The Balaban J connectivity index is 2.29. The maximum atomic E-state index is 14.5. The second-order valence-corrected chi connectivity index (χ2v) is 6.36. The van der Waals surface area contributed by atoms with Crippen LogP contribution < -0.4 is 5.32 Å². The van der Waals surface area contributed by atoms with E-state index >= 15 is 0 Å². The van der Waals surface area contributed by atoms with E-state index in [2.05, 4.69) is 25.2 Å². The van der Waals surface area contributed by atoms with Gasteiger partial charge in [-0.3, -0.25) is 0 Å². The summed E-state index contributed by atoms with van der Waals surface area (Å²) in [6, 6.07) is 3.96. The smallest absolute Gasteiger partial charge is 0.128 e. The highest BCUT2D eigenvalue weighted by Crippen LogP contribution is 2.41. The first kappa shape index (κ1) is 15.5. The Hall–Kier alpha value is -0.890. The molecule has 2 heteroatoms. The van der Waals surface area contributed by atoms with Crippen molar-refractivity contribution < 1.29 is 4.39 Å². The summed E-state index contributed by atoms with van der Waals surface area (Å²) in [6.45, 7) is 9.28. The van der Waals surface area contributed by atoms with Gasteiger partial charge in [0.2, 0.25) is 0 Å². The lowest BCUT2D eigenvalue weighted by atomic mass is 9.87. The average Bonchev–Trinajstić information content (AvgIpc) is 2.85. The third-order valence-electron chi connectivity index (χ3n) is 4.85. The third-order valence-corrected chi connectivity index (χ3v) is 4.85. The molecule has 2 rings (SSSR count). The van der Waals surface area contributed by atoms with Crippen LogP contribution in [0.5, 0.6) is 0 Å². The van der Waals surface area contributed by atoms with Crippen molar-refractivity contribution in [3.8, 4) is 0 Å². The van der Waals surface area contributed by atoms with E-state index in [1.54, 1.807) is 6.07 Å². The van der Waals surface area contributed by atoms with Gasteiger partial charge < -0.3 is 5.32 Å². The Morgan fingerprint density at radius 3 is 2.55 bits per heavy atom. The highest BCUT2D eigenvalue weighted by atomic mass is 19.1. The van der Waals surface area contributed by atoms with Crippen LogP contribution in [0.15, 0.2) is 12.1 Å². The Morgan fingerprint density at radius 2 is 2.00 bits per heavy atom. The molecule has 20 heavy (non-hydrogen) atoms. The molecule has 3 unspecified atom stereocenters. The first-order valence-corrected chi connectivity index (χ1v) is 8.06. The van der Waals surface area contributed by atoms with Crippen molar-refractivity contribution in [3.05, 3.63) is 34.6 Å². The van der Waals surface area contributed by atoms with Crippen molar-refractivity contribution >= 4 is 0 Å². The zero-order valence-corrected chi connectivity index (χ0v) is 13.3. The van der Waals surface area contributed by atoms with Gasteiger partial charge in [-0.2, -0.15) is 0 Å². The van der Waals surface area contributed by atoms with E-state index in [0.717, 1.165) is 29.2 Å². The highest BCUT2D eigenvalue weighted by Gasteiger charge is 2.32. The normalized spacial score (nSPS) is 24.1. The van der Waals surface area contributed by atoms with Crippen molar-refractivity contribution in [1.82, 2.24) is 5.32 Å². The molecular formula is C18H28FN. The van der Waals surface area contributed by atoms with Crippen LogP contribution in [0.3, 0.4) is 0 Å². The van der Waals surface area contributed by atoms with Gasteiger partial charge >= 0.3 is 0 Å². The van der Waals surface area contributed by atoms with Gasteiger partial charge in [-0.05, 0) is 62.3 Å². The number of nitrogens with one attached hydrogen (secondary N) is 1. The van der Waals surface area contributed by atoms with Crippen LogP contribution in [0.1, 0.15) is 62.3 Å². The summed E-state index contributed by atoms with van der Waals surface area (Å²) in [4.78, 5) is 0. The molecule has 1 fully saturated rings. The molecular weight excluding hydrogens is 249 g/mol. The molecule has 0 bridgehead atoms. The van der Waals surface area contributed by atoms with E-state index in [9.17, 15) is 4.39 Å². The molecule has 1 saturated carbocycles. The molecule has 0 aromatic heterocycles. The molecule has 1 aliphatic carbocycles. The monoisotopic (exact) mass is 277 g/mol. The SMILES string of the molecule is CCNC(c1c(C)cc(C)cc1F)C1CCC(CC)C1. The molecule has 0 aliphatic heterocycles. The van der Waals surface area contributed by atoms with Crippen molar-refractivity contribution in [3.63, 3.8) is 0 Å². The second kappa shape index (κ2) is 6.71. The Bertz CT molecular complexity index is 432. The standard InChI is InChI=1S/C18H28FN/c1-5-14-7-8-15(11-14)18(20-6-2)17-13(4)9-12(3)10-16(17)19/h9-10,14-15,18,20H,5-8,11H2,1-4H3. The molecule has 0 radical (unpaired) electrons. The zero-order valence-electron chi connectivity index (χ0n) is 13.3. The van der Waals surface area contributed by atoms with Crippen molar-refractivity contribution in [2.24, 2.45) is 11.8 Å². The van der Waals surface area contributed by atoms with E-state index in [1.807, 2.05) is 13.8 Å². The molecule has 1 aromatic carbocycles. The molecule has 112 valence electrons. The molecule has 0 heterocycles. The first-order valence-electron chi connectivity index (χ1n) is 8.06. The fourth-order valence-corrected chi connectivity index (χ4v) is 3.83. The Kier molecular flexibility index (Phi) is 5.20. The molecule has 0 amide bonds. The molecule has 1 aromatic rings. The lowest BCUT2D eigenvalue weighted by molar-refractivity contribution is 0.348. The van der Waals surface area contributed by atoms with Crippen molar-refractivity contribution in [1.29, 1.82) is 0 Å². The predicted molar refractivity (Wildman–Crippen MR) is 83.4 cm³/mol. The summed E-state index contributed by atoms with van der Waals surface area (Å²) in [6.07, 6.45) is 5.02. The lowest BCUT2D eigenvalue weighted by Crippen LogP contribution is -2.29.